The lowest BCUT2D eigenvalue weighted by Crippen LogP contribution is -2.41. The Bertz CT molecular complexity index is 866. The van der Waals surface area contributed by atoms with Crippen molar-refractivity contribution in [2.75, 3.05) is 13.7 Å². The van der Waals surface area contributed by atoms with E-state index in [1.165, 1.54) is 32.1 Å². The molecule has 0 saturated heterocycles. The second-order valence-corrected chi connectivity index (χ2v) is 7.79. The number of hydrogen-bond donors (Lipinski definition) is 2. The van der Waals surface area contributed by atoms with Crippen molar-refractivity contribution in [3.05, 3.63) is 54.1 Å². The smallest absolute Gasteiger partial charge is 0.266 e. The highest BCUT2D eigenvalue weighted by atomic mass is 32.2. The van der Waals surface area contributed by atoms with Gasteiger partial charge in [-0.3, -0.25) is 10.2 Å². The van der Waals surface area contributed by atoms with Crippen LogP contribution in [-0.2, 0) is 10.0 Å². The molecule has 7 nitrogen and oxygen atoms in total. The SMILES string of the molecule is CCCCCCOc1ccc(C(=O)NNS(=O)(=O)c2ccccc2OC)cc1. The van der Waals surface area contributed by atoms with E-state index in [0.717, 1.165) is 12.8 Å². The molecule has 0 bridgehead atoms. The quantitative estimate of drug-likeness (QED) is 0.441. The summed E-state index contributed by atoms with van der Waals surface area (Å²) >= 11 is 0. The van der Waals surface area contributed by atoms with Crippen molar-refractivity contribution < 1.29 is 22.7 Å². The standard InChI is InChI=1S/C20H26N2O5S/c1-3-4-5-8-15-27-17-13-11-16(12-14-17)20(23)21-22-28(24,25)19-10-7-6-9-18(19)26-2/h6-7,9-14,22H,3-5,8,15H2,1-2H3,(H,21,23). The van der Waals surface area contributed by atoms with Gasteiger partial charge in [-0.05, 0) is 42.8 Å². The molecular weight excluding hydrogens is 380 g/mol. The lowest BCUT2D eigenvalue weighted by Gasteiger charge is -2.11. The second-order valence-electron chi connectivity index (χ2n) is 6.14. The van der Waals surface area contributed by atoms with E-state index in [1.807, 2.05) is 0 Å². The highest BCUT2D eigenvalue weighted by Crippen LogP contribution is 2.22. The zero-order chi connectivity index (χ0) is 20.4. The van der Waals surface area contributed by atoms with Crippen molar-refractivity contribution >= 4 is 15.9 Å². The predicted octanol–water partition coefficient (Wildman–Crippen LogP) is 3.28. The molecule has 28 heavy (non-hydrogen) atoms. The summed E-state index contributed by atoms with van der Waals surface area (Å²) in [5.41, 5.74) is 2.51. The summed E-state index contributed by atoms with van der Waals surface area (Å²) in [4.78, 5) is 14.2. The largest absolute Gasteiger partial charge is 0.495 e. The lowest BCUT2D eigenvalue weighted by atomic mass is 10.2. The average molecular weight is 407 g/mol. The van der Waals surface area contributed by atoms with Crippen LogP contribution >= 0.6 is 0 Å². The van der Waals surface area contributed by atoms with Crippen LogP contribution < -0.4 is 19.7 Å². The molecule has 0 fully saturated rings. The summed E-state index contributed by atoms with van der Waals surface area (Å²) in [6.07, 6.45) is 4.47. The summed E-state index contributed by atoms with van der Waals surface area (Å²) in [5, 5.41) is 0. The fourth-order valence-corrected chi connectivity index (χ4v) is 3.51. The molecule has 0 spiro atoms. The molecule has 2 rings (SSSR count). The van der Waals surface area contributed by atoms with Gasteiger partial charge in [0.2, 0.25) is 0 Å². The van der Waals surface area contributed by atoms with Gasteiger partial charge in [-0.25, -0.2) is 8.42 Å². The van der Waals surface area contributed by atoms with Crippen molar-refractivity contribution in [2.24, 2.45) is 0 Å². The second kappa shape index (κ2) is 10.7. The molecule has 0 aromatic heterocycles. The lowest BCUT2D eigenvalue weighted by molar-refractivity contribution is 0.0945. The molecule has 0 saturated carbocycles. The van der Waals surface area contributed by atoms with Crippen LogP contribution in [-0.4, -0.2) is 28.0 Å². The van der Waals surface area contributed by atoms with Gasteiger partial charge < -0.3 is 9.47 Å². The number of hydrazine groups is 1. The van der Waals surface area contributed by atoms with E-state index in [9.17, 15) is 13.2 Å². The molecular formula is C20H26N2O5S. The molecule has 8 heteroatoms. The minimum atomic E-state index is -3.97. The Morgan fingerprint density at radius 1 is 1.00 bits per heavy atom. The van der Waals surface area contributed by atoms with E-state index in [-0.39, 0.29) is 10.6 Å². The third kappa shape index (κ3) is 6.24. The first-order chi connectivity index (χ1) is 13.5. The molecule has 1 amide bonds. The van der Waals surface area contributed by atoms with Crippen LogP contribution in [0.1, 0.15) is 43.0 Å². The van der Waals surface area contributed by atoms with Crippen molar-refractivity contribution in [1.82, 2.24) is 10.3 Å². The number of carbonyl (C=O) groups excluding carboxylic acids is 1. The molecule has 152 valence electrons. The molecule has 0 aliphatic carbocycles. The summed E-state index contributed by atoms with van der Waals surface area (Å²) in [5.74, 6) is 0.278. The van der Waals surface area contributed by atoms with Crippen LogP contribution in [0, 0.1) is 0 Å². The van der Waals surface area contributed by atoms with E-state index >= 15 is 0 Å². The molecule has 0 radical (unpaired) electrons. The van der Waals surface area contributed by atoms with Crippen LogP contribution in [0.5, 0.6) is 11.5 Å². The molecule has 0 atom stereocenters. The van der Waals surface area contributed by atoms with Gasteiger partial charge in [0.15, 0.2) is 0 Å². The zero-order valence-corrected chi connectivity index (χ0v) is 16.9. The number of hydrogen-bond acceptors (Lipinski definition) is 5. The van der Waals surface area contributed by atoms with E-state index in [2.05, 4.69) is 17.2 Å². The first kappa shape index (κ1) is 21.7. The first-order valence-electron chi connectivity index (χ1n) is 9.16. The Hall–Kier alpha value is -2.58. The van der Waals surface area contributed by atoms with Gasteiger partial charge in [0.1, 0.15) is 16.4 Å². The van der Waals surface area contributed by atoms with Crippen molar-refractivity contribution in [3.63, 3.8) is 0 Å². The third-order valence-corrected chi connectivity index (χ3v) is 5.33. The van der Waals surface area contributed by atoms with Crippen LogP contribution in [0.3, 0.4) is 0 Å². The number of carbonyl (C=O) groups is 1. The molecule has 2 N–H and O–H groups in total. The first-order valence-corrected chi connectivity index (χ1v) is 10.6. The van der Waals surface area contributed by atoms with E-state index in [4.69, 9.17) is 9.47 Å². The number of para-hydroxylation sites is 1. The van der Waals surface area contributed by atoms with Crippen LogP contribution in [0.4, 0.5) is 0 Å². The Kier molecular flexibility index (Phi) is 8.28. The highest BCUT2D eigenvalue weighted by molar-refractivity contribution is 7.89. The third-order valence-electron chi connectivity index (χ3n) is 4.04. The molecule has 0 aliphatic rings. The monoisotopic (exact) mass is 406 g/mol. The molecule has 2 aromatic rings. The summed E-state index contributed by atoms with van der Waals surface area (Å²) in [6.45, 7) is 2.78. The minimum absolute atomic E-state index is 0.0652. The fourth-order valence-electron chi connectivity index (χ4n) is 2.50. The predicted molar refractivity (Wildman–Crippen MR) is 107 cm³/mol. The topological polar surface area (TPSA) is 93.7 Å². The Morgan fingerprint density at radius 3 is 2.39 bits per heavy atom. The number of unbranched alkanes of at least 4 members (excludes halogenated alkanes) is 3. The Balaban J connectivity index is 1.90. The van der Waals surface area contributed by atoms with Crippen molar-refractivity contribution in [1.29, 1.82) is 0 Å². The Labute approximate surface area is 166 Å². The van der Waals surface area contributed by atoms with Crippen LogP contribution in [0.15, 0.2) is 53.4 Å². The van der Waals surface area contributed by atoms with Gasteiger partial charge in [-0.2, -0.15) is 0 Å². The Morgan fingerprint density at radius 2 is 1.71 bits per heavy atom. The van der Waals surface area contributed by atoms with Gasteiger partial charge >= 0.3 is 0 Å². The number of benzene rings is 2. The highest BCUT2D eigenvalue weighted by Gasteiger charge is 2.20. The molecule has 0 heterocycles. The molecule has 2 aromatic carbocycles. The van der Waals surface area contributed by atoms with Gasteiger partial charge in [-0.15, -0.1) is 4.83 Å². The van der Waals surface area contributed by atoms with Gasteiger partial charge in [0.25, 0.3) is 15.9 Å². The maximum absolute atomic E-state index is 12.4. The summed E-state index contributed by atoms with van der Waals surface area (Å²) in [7, 11) is -2.59. The summed E-state index contributed by atoms with van der Waals surface area (Å²) in [6, 6.07) is 12.7. The number of rotatable bonds is 11. The van der Waals surface area contributed by atoms with Crippen LogP contribution in [0.2, 0.25) is 0 Å². The average Bonchev–Trinajstić information content (AvgIpc) is 2.72. The van der Waals surface area contributed by atoms with Gasteiger partial charge in [0.05, 0.1) is 13.7 Å². The normalized spacial score (nSPS) is 11.1. The van der Waals surface area contributed by atoms with Crippen molar-refractivity contribution in [2.45, 2.75) is 37.5 Å². The molecule has 0 aliphatic heterocycles. The minimum Gasteiger partial charge on any atom is -0.495 e. The van der Waals surface area contributed by atoms with Crippen LogP contribution in [0.25, 0.3) is 0 Å². The number of sulfonamides is 1. The number of nitrogens with one attached hydrogen (secondary N) is 2. The van der Waals surface area contributed by atoms with Crippen molar-refractivity contribution in [3.8, 4) is 11.5 Å². The fraction of sp³-hybridized carbons (Fsp3) is 0.350. The van der Waals surface area contributed by atoms with Gasteiger partial charge in [0, 0.05) is 5.56 Å². The van der Waals surface area contributed by atoms with E-state index in [1.54, 1.807) is 36.4 Å². The van der Waals surface area contributed by atoms with Gasteiger partial charge in [-0.1, -0.05) is 38.3 Å². The number of methoxy groups -OCH3 is 1. The zero-order valence-electron chi connectivity index (χ0n) is 16.1. The van der Waals surface area contributed by atoms with E-state index < -0.39 is 15.9 Å². The maximum Gasteiger partial charge on any atom is 0.266 e. The number of ether oxygens (including phenoxy) is 2. The van der Waals surface area contributed by atoms with E-state index in [0.29, 0.717) is 17.9 Å². The summed E-state index contributed by atoms with van der Waals surface area (Å²) < 4.78 is 35.4. The maximum atomic E-state index is 12.4. The number of amides is 1. The molecule has 0 unspecified atom stereocenters.